The number of nitrogens with one attached hydrogen (secondary N) is 2. The molecule has 1 saturated heterocycles. The number of amides is 2. The Morgan fingerprint density at radius 2 is 1.96 bits per heavy atom. The zero-order valence-electron chi connectivity index (χ0n) is 29.4. The number of fused-ring (bicyclic) bond motifs is 2. The summed E-state index contributed by atoms with van der Waals surface area (Å²) in [6, 6.07) is 7.13. The third kappa shape index (κ3) is 7.96. The molecule has 1 aliphatic heterocycles. The molecule has 2 amide bonds. The van der Waals surface area contributed by atoms with Crippen LogP contribution in [0.5, 0.6) is 0 Å². The maximum absolute atomic E-state index is 14.0. The summed E-state index contributed by atoms with van der Waals surface area (Å²) in [6.45, 7) is 12.2. The summed E-state index contributed by atoms with van der Waals surface area (Å²) in [5, 5.41) is 29.0. The monoisotopic (exact) mass is 644 g/mol. The minimum atomic E-state index is -0.841. The molecule has 5 rings (SSSR count). The second kappa shape index (κ2) is 15.9. The van der Waals surface area contributed by atoms with Gasteiger partial charge in [-0.25, -0.2) is 0 Å². The Morgan fingerprint density at radius 3 is 2.54 bits per heavy atom. The van der Waals surface area contributed by atoms with Gasteiger partial charge in [-0.3, -0.25) is 14.4 Å². The molecule has 3 aliphatic carbocycles. The standard InChI is InChI=1S/C36H60N4O6/c1-9-11-27(24-12-10-13-25(18-24)34(43)37-15-17-39(6)7)30(45-8)14-16-40-33(32(23(3)42)31(21-41)46-40)35(44)38-29-20-26-19-28(22(29)2)36(26,4)5/h10,12-13,18,22-23,26-33,41-42H,9,11,14-17,19-21H2,1-8H3,(H,37,43)(H,38,44)/t22-,23-,26+,27?,28+,29-,30?,31-,32+,33-/m0/s1. The van der Waals surface area contributed by atoms with Gasteiger partial charge in [-0.05, 0) is 87.6 Å². The molecule has 10 heteroatoms. The fraction of sp³-hybridized carbons (Fsp3) is 0.778. The van der Waals surface area contributed by atoms with Gasteiger partial charge in [0.15, 0.2) is 0 Å². The normalized spacial score (nSPS) is 30.8. The van der Waals surface area contributed by atoms with Gasteiger partial charge < -0.3 is 30.5 Å². The third-order valence-corrected chi connectivity index (χ3v) is 11.5. The van der Waals surface area contributed by atoms with E-state index in [1.807, 2.05) is 43.3 Å². The maximum atomic E-state index is 14.0. The molecule has 0 aromatic heterocycles. The van der Waals surface area contributed by atoms with E-state index in [0.717, 1.165) is 31.4 Å². The van der Waals surface area contributed by atoms with Gasteiger partial charge in [0.25, 0.3) is 5.91 Å². The maximum Gasteiger partial charge on any atom is 0.251 e. The van der Waals surface area contributed by atoms with Crippen molar-refractivity contribution in [3.05, 3.63) is 35.4 Å². The molecule has 46 heavy (non-hydrogen) atoms. The van der Waals surface area contributed by atoms with Crippen molar-refractivity contribution in [3.63, 3.8) is 0 Å². The Kier molecular flexibility index (Phi) is 12.7. The minimum Gasteiger partial charge on any atom is -0.394 e. The quantitative estimate of drug-likeness (QED) is 0.216. The highest BCUT2D eigenvalue weighted by atomic mass is 16.7. The molecule has 4 aliphatic rings. The van der Waals surface area contributed by atoms with Crippen molar-refractivity contribution in [2.75, 3.05) is 47.4 Å². The van der Waals surface area contributed by atoms with Crippen LogP contribution in [0, 0.1) is 29.1 Å². The number of benzene rings is 1. The lowest BCUT2D eigenvalue weighted by Crippen LogP contribution is -2.62. The molecule has 1 aromatic rings. The van der Waals surface area contributed by atoms with Crippen molar-refractivity contribution in [1.82, 2.24) is 20.6 Å². The van der Waals surface area contributed by atoms with E-state index in [0.29, 0.717) is 48.2 Å². The van der Waals surface area contributed by atoms with E-state index in [4.69, 9.17) is 9.57 Å². The van der Waals surface area contributed by atoms with Gasteiger partial charge in [0.1, 0.15) is 12.1 Å². The number of hydrogen-bond acceptors (Lipinski definition) is 8. The Hall–Kier alpha value is -2.08. The molecule has 2 bridgehead atoms. The molecule has 4 N–H and O–H groups in total. The summed E-state index contributed by atoms with van der Waals surface area (Å²) in [7, 11) is 5.65. The summed E-state index contributed by atoms with van der Waals surface area (Å²) in [5.41, 5.74) is 1.97. The van der Waals surface area contributed by atoms with Crippen molar-refractivity contribution in [1.29, 1.82) is 0 Å². The van der Waals surface area contributed by atoms with Crippen LogP contribution in [0.15, 0.2) is 24.3 Å². The Balaban J connectivity index is 1.48. The van der Waals surface area contributed by atoms with Gasteiger partial charge in [-0.2, -0.15) is 5.06 Å². The molecule has 2 unspecified atom stereocenters. The molecule has 10 atom stereocenters. The predicted molar refractivity (Wildman–Crippen MR) is 179 cm³/mol. The lowest BCUT2D eigenvalue weighted by Gasteiger charge is -2.62. The van der Waals surface area contributed by atoms with Crippen molar-refractivity contribution in [2.24, 2.45) is 29.1 Å². The minimum absolute atomic E-state index is 0.0266. The van der Waals surface area contributed by atoms with Gasteiger partial charge >= 0.3 is 0 Å². The number of ether oxygens (including phenoxy) is 1. The van der Waals surface area contributed by atoms with Crippen LogP contribution in [0.1, 0.15) is 88.6 Å². The van der Waals surface area contributed by atoms with E-state index in [1.54, 1.807) is 19.1 Å². The van der Waals surface area contributed by atoms with Crippen LogP contribution in [0.25, 0.3) is 0 Å². The Bertz CT molecular complexity index is 1160. The van der Waals surface area contributed by atoms with E-state index in [-0.39, 0.29) is 36.5 Å². The van der Waals surface area contributed by atoms with E-state index in [1.165, 1.54) is 6.42 Å². The fourth-order valence-electron chi connectivity index (χ4n) is 8.56. The van der Waals surface area contributed by atoms with E-state index in [9.17, 15) is 19.8 Å². The van der Waals surface area contributed by atoms with E-state index < -0.39 is 24.2 Å². The summed E-state index contributed by atoms with van der Waals surface area (Å²) >= 11 is 0. The summed E-state index contributed by atoms with van der Waals surface area (Å²) in [5.74, 6) is 0.782. The third-order valence-electron chi connectivity index (χ3n) is 11.5. The molecule has 0 spiro atoms. The number of nitrogens with zero attached hydrogens (tertiary/aromatic N) is 2. The summed E-state index contributed by atoms with van der Waals surface area (Å²) in [6.07, 6.45) is 2.83. The fourth-order valence-corrected chi connectivity index (χ4v) is 8.56. The number of methoxy groups -OCH3 is 1. The predicted octanol–water partition coefficient (Wildman–Crippen LogP) is 3.43. The molecule has 3 saturated carbocycles. The largest absolute Gasteiger partial charge is 0.394 e. The highest BCUT2D eigenvalue weighted by Crippen LogP contribution is 2.61. The van der Waals surface area contributed by atoms with Crippen LogP contribution in [0.4, 0.5) is 0 Å². The van der Waals surface area contributed by atoms with Crippen LogP contribution in [-0.4, -0.2) is 110 Å². The zero-order chi connectivity index (χ0) is 33.8. The molecule has 0 radical (unpaired) electrons. The first-order valence-corrected chi connectivity index (χ1v) is 17.4. The van der Waals surface area contributed by atoms with Crippen LogP contribution in [-0.2, 0) is 14.4 Å². The first kappa shape index (κ1) is 36.8. The number of rotatable bonds is 16. The number of likely N-dealkylation sites (N-methyl/N-ethyl adjacent to an activating group) is 1. The van der Waals surface area contributed by atoms with Gasteiger partial charge in [0.05, 0.1) is 18.8 Å². The lowest BCUT2D eigenvalue weighted by atomic mass is 9.45. The number of hydroxylamine groups is 2. The number of hydrogen-bond donors (Lipinski definition) is 4. The van der Waals surface area contributed by atoms with E-state index in [2.05, 4.69) is 38.3 Å². The van der Waals surface area contributed by atoms with Gasteiger partial charge in [-0.1, -0.05) is 46.2 Å². The van der Waals surface area contributed by atoms with Crippen molar-refractivity contribution >= 4 is 11.8 Å². The zero-order valence-corrected chi connectivity index (χ0v) is 29.4. The number of carbonyl (C=O) groups is 2. The number of carbonyl (C=O) groups excluding carboxylic acids is 2. The van der Waals surface area contributed by atoms with Crippen LogP contribution < -0.4 is 10.6 Å². The molecule has 1 aromatic carbocycles. The molecular weight excluding hydrogens is 584 g/mol. The van der Waals surface area contributed by atoms with Crippen molar-refractivity contribution in [3.8, 4) is 0 Å². The van der Waals surface area contributed by atoms with Gasteiger partial charge in [0, 0.05) is 50.2 Å². The highest BCUT2D eigenvalue weighted by Gasteiger charge is 2.57. The first-order chi connectivity index (χ1) is 21.8. The van der Waals surface area contributed by atoms with Crippen LogP contribution >= 0.6 is 0 Å². The molecule has 10 nitrogen and oxygen atoms in total. The Morgan fingerprint density at radius 1 is 1.22 bits per heavy atom. The Labute approximate surface area is 276 Å². The molecule has 1 heterocycles. The number of aliphatic hydroxyl groups is 2. The smallest absolute Gasteiger partial charge is 0.251 e. The van der Waals surface area contributed by atoms with Gasteiger partial charge in [0.2, 0.25) is 5.91 Å². The topological polar surface area (TPSA) is 124 Å². The lowest BCUT2D eigenvalue weighted by molar-refractivity contribution is -0.181. The van der Waals surface area contributed by atoms with Crippen LogP contribution in [0.2, 0.25) is 0 Å². The average Bonchev–Trinajstić information content (AvgIpc) is 3.40. The molecular formula is C36H60N4O6. The second-order valence-corrected chi connectivity index (χ2v) is 14.9. The van der Waals surface area contributed by atoms with Crippen molar-refractivity contribution in [2.45, 2.75) is 103 Å². The van der Waals surface area contributed by atoms with Crippen molar-refractivity contribution < 1.29 is 29.4 Å². The first-order valence-electron chi connectivity index (χ1n) is 17.4. The van der Waals surface area contributed by atoms with Gasteiger partial charge in [-0.15, -0.1) is 0 Å². The SMILES string of the molecule is CCCC(c1cccc(C(=O)NCCN(C)C)c1)C(CCN1O[C@@H](CO)[C@@H]([C@H](C)O)[C@H]1C(=O)N[C@H]1C[C@H]2C[C@H]([C@@H]1C)C2(C)C)OC. The number of aliphatic hydroxyl groups excluding tert-OH is 2. The summed E-state index contributed by atoms with van der Waals surface area (Å²) in [4.78, 5) is 35.1. The molecule has 260 valence electrons. The highest BCUT2D eigenvalue weighted by molar-refractivity contribution is 5.94. The van der Waals surface area contributed by atoms with Crippen LogP contribution in [0.3, 0.4) is 0 Å². The molecule has 4 fully saturated rings. The summed E-state index contributed by atoms with van der Waals surface area (Å²) < 4.78 is 6.08. The average molecular weight is 645 g/mol. The second-order valence-electron chi connectivity index (χ2n) is 14.9. The van der Waals surface area contributed by atoms with E-state index >= 15 is 0 Å².